The molecule has 2 saturated heterocycles. The Labute approximate surface area is 247 Å². The third-order valence-corrected chi connectivity index (χ3v) is 7.98. The third kappa shape index (κ3) is 7.65. The molecule has 3 N–H and O–H groups in total. The quantitative estimate of drug-likeness (QED) is 0.270. The number of ether oxygens (including phenoxy) is 3. The summed E-state index contributed by atoms with van der Waals surface area (Å²) < 4.78 is 18.0. The van der Waals surface area contributed by atoms with E-state index in [1.54, 1.807) is 0 Å². The smallest absolute Gasteiger partial charge is 0.407 e. The number of hydrogen-bond donors (Lipinski definition) is 3. The lowest BCUT2D eigenvalue weighted by Gasteiger charge is -2.38. The summed E-state index contributed by atoms with van der Waals surface area (Å²) in [6.45, 7) is 5.96. The first-order chi connectivity index (χ1) is 20.6. The van der Waals surface area contributed by atoms with Crippen molar-refractivity contribution in [1.82, 2.24) is 10.2 Å². The van der Waals surface area contributed by atoms with E-state index >= 15 is 0 Å². The average molecular weight is 573 g/mol. The average Bonchev–Trinajstić information content (AvgIpc) is 3.49. The van der Waals surface area contributed by atoms with Gasteiger partial charge >= 0.3 is 6.09 Å². The highest BCUT2D eigenvalue weighted by Gasteiger charge is 2.35. The number of nitrogens with zero attached hydrogens (tertiary/aromatic N) is 1. The van der Waals surface area contributed by atoms with E-state index in [1.165, 1.54) is 6.08 Å². The Kier molecular flexibility index (Phi) is 10.4. The van der Waals surface area contributed by atoms with Gasteiger partial charge in [-0.3, -0.25) is 4.90 Å². The van der Waals surface area contributed by atoms with E-state index in [2.05, 4.69) is 28.9 Å². The second-order valence-corrected chi connectivity index (χ2v) is 10.9. The number of nitrogens with one attached hydrogen (secondary N) is 1. The molecule has 2 aliphatic heterocycles. The van der Waals surface area contributed by atoms with E-state index in [-0.39, 0.29) is 38.1 Å². The van der Waals surface area contributed by atoms with Crippen LogP contribution in [0.4, 0.5) is 4.79 Å². The van der Waals surface area contributed by atoms with Gasteiger partial charge in [-0.05, 0) is 53.3 Å². The summed E-state index contributed by atoms with van der Waals surface area (Å²) in [5.41, 5.74) is 5.90. The fourth-order valence-electron chi connectivity index (χ4n) is 5.69. The van der Waals surface area contributed by atoms with Gasteiger partial charge in [-0.15, -0.1) is 0 Å². The van der Waals surface area contributed by atoms with Crippen LogP contribution in [-0.2, 0) is 27.4 Å². The standard InChI is InChI=1S/C34H40N2O6/c1-2-17-40-34(39)35-20-25-5-3-6-29(18-25)26-12-14-28(15-13-26)33-41-31(21-36-16-4-7-30(36)23-38)19-32(42-33)27-10-8-24(22-37)9-11-27/h2-3,5-6,8-15,18,30-33,37-38H,1,4,7,16-17,19-23H2,(H,35,39). The Bertz CT molecular complexity index is 1310. The van der Waals surface area contributed by atoms with Crippen LogP contribution in [-0.4, -0.2) is 59.7 Å². The van der Waals surface area contributed by atoms with Crippen LogP contribution < -0.4 is 5.32 Å². The molecule has 2 fully saturated rings. The van der Waals surface area contributed by atoms with Crippen molar-refractivity contribution in [2.45, 2.75) is 57.0 Å². The van der Waals surface area contributed by atoms with Gasteiger partial charge in [0.2, 0.25) is 0 Å². The van der Waals surface area contributed by atoms with Gasteiger partial charge in [-0.1, -0.05) is 79.4 Å². The molecule has 2 heterocycles. The van der Waals surface area contributed by atoms with Crippen LogP contribution in [0.1, 0.15) is 53.9 Å². The minimum atomic E-state index is -0.535. The van der Waals surface area contributed by atoms with Gasteiger partial charge in [0.15, 0.2) is 6.29 Å². The molecule has 3 aromatic carbocycles. The summed E-state index contributed by atoms with van der Waals surface area (Å²) in [5.74, 6) is 0. The Morgan fingerprint density at radius 3 is 2.52 bits per heavy atom. The molecule has 0 spiro atoms. The Balaban J connectivity index is 1.30. The fraction of sp³-hybridized carbons (Fsp3) is 0.382. The molecule has 0 aliphatic carbocycles. The van der Waals surface area contributed by atoms with Crippen molar-refractivity contribution in [3.63, 3.8) is 0 Å². The summed E-state index contributed by atoms with van der Waals surface area (Å²) in [6, 6.07) is 24.3. The fourth-order valence-corrected chi connectivity index (χ4v) is 5.69. The van der Waals surface area contributed by atoms with Crippen LogP contribution in [0.15, 0.2) is 85.5 Å². The van der Waals surface area contributed by atoms with Crippen molar-refractivity contribution in [2.75, 3.05) is 26.3 Å². The zero-order chi connectivity index (χ0) is 29.3. The molecule has 8 nitrogen and oxygen atoms in total. The maximum absolute atomic E-state index is 11.8. The van der Waals surface area contributed by atoms with E-state index in [0.29, 0.717) is 13.0 Å². The van der Waals surface area contributed by atoms with Gasteiger partial charge in [-0.2, -0.15) is 0 Å². The third-order valence-electron chi connectivity index (χ3n) is 7.98. The van der Waals surface area contributed by atoms with E-state index in [9.17, 15) is 15.0 Å². The van der Waals surface area contributed by atoms with Gasteiger partial charge in [0, 0.05) is 31.1 Å². The van der Waals surface area contributed by atoms with Crippen LogP contribution in [0.2, 0.25) is 0 Å². The highest BCUT2D eigenvalue weighted by atomic mass is 16.7. The Hall–Kier alpha value is -3.53. The molecular formula is C34H40N2O6. The Morgan fingerprint density at radius 1 is 1.00 bits per heavy atom. The molecule has 4 unspecified atom stereocenters. The predicted octanol–water partition coefficient (Wildman–Crippen LogP) is 5.26. The number of hydrogen-bond acceptors (Lipinski definition) is 7. The minimum absolute atomic E-state index is 0.00567. The lowest BCUT2D eigenvalue weighted by Crippen LogP contribution is -2.42. The number of rotatable bonds is 11. The normalized spacial score (nSPS) is 22.5. The predicted molar refractivity (Wildman–Crippen MR) is 160 cm³/mol. The van der Waals surface area contributed by atoms with E-state index in [1.807, 2.05) is 60.7 Å². The largest absolute Gasteiger partial charge is 0.445 e. The molecule has 0 saturated carbocycles. The van der Waals surface area contributed by atoms with Crippen molar-refractivity contribution in [1.29, 1.82) is 0 Å². The highest BCUT2D eigenvalue weighted by molar-refractivity contribution is 5.68. The van der Waals surface area contributed by atoms with Gasteiger partial charge in [-0.25, -0.2) is 4.79 Å². The van der Waals surface area contributed by atoms with Crippen LogP contribution in [0.25, 0.3) is 11.1 Å². The molecule has 222 valence electrons. The molecule has 0 bridgehead atoms. The zero-order valence-electron chi connectivity index (χ0n) is 23.9. The number of amides is 1. The van der Waals surface area contributed by atoms with Gasteiger partial charge < -0.3 is 29.7 Å². The van der Waals surface area contributed by atoms with Crippen LogP contribution in [0.5, 0.6) is 0 Å². The van der Waals surface area contributed by atoms with Crippen molar-refractivity contribution in [3.05, 3.63) is 108 Å². The first-order valence-corrected chi connectivity index (χ1v) is 14.6. The molecule has 2 aliphatic rings. The first-order valence-electron chi connectivity index (χ1n) is 14.6. The molecule has 8 heteroatoms. The summed E-state index contributed by atoms with van der Waals surface area (Å²) in [7, 11) is 0. The number of likely N-dealkylation sites (tertiary alicyclic amines) is 1. The monoisotopic (exact) mass is 572 g/mol. The SMILES string of the molecule is C=CCOC(=O)NCc1cccc(-c2ccc(C3OC(CN4CCCC4CO)CC(c4ccc(CO)cc4)O3)cc2)c1. The Morgan fingerprint density at radius 2 is 1.79 bits per heavy atom. The first kappa shape index (κ1) is 29.9. The summed E-state index contributed by atoms with van der Waals surface area (Å²) in [6.07, 6.45) is 3.11. The van der Waals surface area contributed by atoms with Crippen molar-refractivity contribution in [3.8, 4) is 11.1 Å². The van der Waals surface area contributed by atoms with Crippen molar-refractivity contribution >= 4 is 6.09 Å². The van der Waals surface area contributed by atoms with Crippen LogP contribution in [0.3, 0.4) is 0 Å². The second-order valence-electron chi connectivity index (χ2n) is 10.9. The molecule has 5 rings (SSSR count). The van der Waals surface area contributed by atoms with Gasteiger partial charge in [0.25, 0.3) is 0 Å². The molecule has 0 aromatic heterocycles. The number of carbonyl (C=O) groups is 1. The zero-order valence-corrected chi connectivity index (χ0v) is 23.9. The number of carbonyl (C=O) groups excluding carboxylic acids is 1. The minimum Gasteiger partial charge on any atom is -0.445 e. The molecule has 3 aromatic rings. The number of benzene rings is 3. The lowest BCUT2D eigenvalue weighted by molar-refractivity contribution is -0.253. The topological polar surface area (TPSA) is 100 Å². The van der Waals surface area contributed by atoms with Crippen LogP contribution >= 0.6 is 0 Å². The van der Waals surface area contributed by atoms with E-state index < -0.39 is 12.4 Å². The van der Waals surface area contributed by atoms with E-state index in [4.69, 9.17) is 14.2 Å². The van der Waals surface area contributed by atoms with Gasteiger partial charge in [0.1, 0.15) is 6.61 Å². The summed E-state index contributed by atoms with van der Waals surface area (Å²) in [5, 5.41) is 22.1. The maximum Gasteiger partial charge on any atom is 0.407 e. The maximum atomic E-state index is 11.8. The number of aliphatic hydroxyl groups is 2. The lowest BCUT2D eigenvalue weighted by atomic mass is 9.99. The molecule has 1 amide bonds. The second kappa shape index (κ2) is 14.6. The number of aliphatic hydroxyl groups excluding tert-OH is 2. The summed E-state index contributed by atoms with van der Waals surface area (Å²) in [4.78, 5) is 14.1. The molecule has 4 atom stereocenters. The molecule has 42 heavy (non-hydrogen) atoms. The van der Waals surface area contributed by atoms with Crippen LogP contribution in [0, 0.1) is 0 Å². The van der Waals surface area contributed by atoms with Crippen molar-refractivity contribution in [2.24, 2.45) is 0 Å². The highest BCUT2D eigenvalue weighted by Crippen LogP contribution is 2.39. The number of alkyl carbamates (subject to hydrolysis) is 1. The van der Waals surface area contributed by atoms with Crippen molar-refractivity contribution < 1.29 is 29.2 Å². The summed E-state index contributed by atoms with van der Waals surface area (Å²) >= 11 is 0. The van der Waals surface area contributed by atoms with E-state index in [0.717, 1.165) is 59.3 Å². The molecule has 0 radical (unpaired) electrons. The van der Waals surface area contributed by atoms with Gasteiger partial charge in [0.05, 0.1) is 25.4 Å². The molecular weight excluding hydrogens is 532 g/mol.